The van der Waals surface area contributed by atoms with Crippen molar-refractivity contribution in [3.05, 3.63) is 77.9 Å². The van der Waals surface area contributed by atoms with Gasteiger partial charge in [-0.1, -0.05) is 65.1 Å². The molecule has 1 saturated heterocycles. The van der Waals surface area contributed by atoms with Crippen LogP contribution in [0.5, 0.6) is 0 Å². The molecule has 1 aliphatic heterocycles. The van der Waals surface area contributed by atoms with Crippen molar-refractivity contribution in [2.24, 2.45) is 0 Å². The van der Waals surface area contributed by atoms with Crippen molar-refractivity contribution in [1.29, 1.82) is 0 Å². The number of carboxylic acid groups (broad SMARTS) is 1. The Morgan fingerprint density at radius 3 is 2.53 bits per heavy atom. The highest BCUT2D eigenvalue weighted by molar-refractivity contribution is 14.1. The molecule has 0 spiro atoms. The van der Waals surface area contributed by atoms with E-state index in [9.17, 15) is 9.59 Å². The second-order valence-corrected chi connectivity index (χ2v) is 9.12. The molecule has 0 radical (unpaired) electrons. The van der Waals surface area contributed by atoms with E-state index in [0.29, 0.717) is 17.6 Å². The first-order valence-corrected chi connectivity index (χ1v) is 12.5. The SMILES string of the molecule is O=C(O)CCC(=O)c1ccc(N2CC[C@H](N[C@H](CI)c3cccc4ccccc34)C2)cc1. The summed E-state index contributed by atoms with van der Waals surface area (Å²) in [4.78, 5) is 25.2. The maximum atomic E-state index is 12.1. The third kappa shape index (κ3) is 5.30. The first kappa shape index (κ1) is 22.7. The van der Waals surface area contributed by atoms with Crippen LogP contribution in [-0.2, 0) is 4.79 Å². The van der Waals surface area contributed by atoms with Crippen molar-refractivity contribution >= 4 is 50.8 Å². The fourth-order valence-electron chi connectivity index (χ4n) is 4.41. The highest BCUT2D eigenvalue weighted by atomic mass is 127. The van der Waals surface area contributed by atoms with Crippen LogP contribution in [0.3, 0.4) is 0 Å². The zero-order valence-electron chi connectivity index (χ0n) is 17.8. The molecule has 4 rings (SSSR count). The number of carbonyl (C=O) groups is 2. The number of ketones is 1. The Balaban J connectivity index is 1.40. The Hall–Kier alpha value is -2.45. The molecule has 3 aromatic carbocycles. The van der Waals surface area contributed by atoms with Gasteiger partial charge in [0.15, 0.2) is 5.78 Å². The number of fused-ring (bicyclic) bond motifs is 1. The van der Waals surface area contributed by atoms with Gasteiger partial charge in [-0.25, -0.2) is 0 Å². The van der Waals surface area contributed by atoms with Gasteiger partial charge in [-0.15, -0.1) is 0 Å². The quantitative estimate of drug-likeness (QED) is 0.220. The number of carboxylic acids is 1. The molecule has 6 heteroatoms. The van der Waals surface area contributed by atoms with E-state index in [0.717, 1.165) is 29.6 Å². The van der Waals surface area contributed by atoms with Crippen LogP contribution >= 0.6 is 22.6 Å². The molecule has 1 aliphatic rings. The van der Waals surface area contributed by atoms with E-state index < -0.39 is 5.97 Å². The number of Topliss-reactive ketones (excluding diaryl/α,β-unsaturated/α-hetero) is 1. The lowest BCUT2D eigenvalue weighted by Gasteiger charge is -2.24. The first-order valence-electron chi connectivity index (χ1n) is 10.9. The first-order chi connectivity index (χ1) is 15.5. The molecule has 0 saturated carbocycles. The molecule has 32 heavy (non-hydrogen) atoms. The summed E-state index contributed by atoms with van der Waals surface area (Å²) in [5.41, 5.74) is 3.02. The number of nitrogens with zero attached hydrogens (tertiary/aromatic N) is 1. The lowest BCUT2D eigenvalue weighted by molar-refractivity contribution is -0.136. The van der Waals surface area contributed by atoms with Crippen LogP contribution in [0, 0.1) is 0 Å². The molecular formula is C26H27IN2O3. The van der Waals surface area contributed by atoms with Gasteiger partial charge in [0.05, 0.1) is 6.42 Å². The molecule has 0 aliphatic carbocycles. The minimum Gasteiger partial charge on any atom is -0.481 e. The number of nitrogens with one attached hydrogen (secondary N) is 1. The maximum absolute atomic E-state index is 12.1. The van der Waals surface area contributed by atoms with E-state index in [-0.39, 0.29) is 18.6 Å². The van der Waals surface area contributed by atoms with Gasteiger partial charge in [0, 0.05) is 47.3 Å². The largest absolute Gasteiger partial charge is 0.481 e. The normalized spacial score (nSPS) is 16.9. The van der Waals surface area contributed by atoms with Crippen LogP contribution in [0.15, 0.2) is 66.7 Å². The maximum Gasteiger partial charge on any atom is 0.303 e. The van der Waals surface area contributed by atoms with E-state index >= 15 is 0 Å². The van der Waals surface area contributed by atoms with Crippen molar-refractivity contribution in [2.75, 3.05) is 22.4 Å². The molecule has 2 N–H and O–H groups in total. The number of alkyl halides is 1. The van der Waals surface area contributed by atoms with Gasteiger partial charge >= 0.3 is 5.97 Å². The molecule has 0 unspecified atom stereocenters. The molecule has 3 aromatic rings. The summed E-state index contributed by atoms with van der Waals surface area (Å²) in [6.07, 6.45) is 0.974. The number of rotatable bonds is 9. The summed E-state index contributed by atoms with van der Waals surface area (Å²) in [6.45, 7) is 1.89. The Labute approximate surface area is 202 Å². The molecule has 0 bridgehead atoms. The fourth-order valence-corrected chi connectivity index (χ4v) is 5.14. The highest BCUT2D eigenvalue weighted by Gasteiger charge is 2.26. The number of hydrogen-bond acceptors (Lipinski definition) is 4. The van der Waals surface area contributed by atoms with Gasteiger partial charge in [-0.05, 0) is 47.0 Å². The standard InChI is InChI=1S/C26H27IN2O3/c27-16-24(23-7-3-5-18-4-1-2-6-22(18)23)28-20-14-15-29(17-20)21-10-8-19(9-11-21)25(30)12-13-26(31)32/h1-11,20,24,28H,12-17H2,(H,31,32)/t20-,24+/m0/s1. The van der Waals surface area contributed by atoms with Gasteiger partial charge in [0.25, 0.3) is 0 Å². The summed E-state index contributed by atoms with van der Waals surface area (Å²) in [7, 11) is 0. The van der Waals surface area contributed by atoms with Gasteiger partial charge < -0.3 is 15.3 Å². The monoisotopic (exact) mass is 542 g/mol. The summed E-state index contributed by atoms with van der Waals surface area (Å²) >= 11 is 2.46. The summed E-state index contributed by atoms with van der Waals surface area (Å²) in [5.74, 6) is -1.07. The lowest BCUT2D eigenvalue weighted by Crippen LogP contribution is -2.36. The van der Waals surface area contributed by atoms with Crippen molar-refractivity contribution in [3.63, 3.8) is 0 Å². The highest BCUT2D eigenvalue weighted by Crippen LogP contribution is 2.28. The predicted molar refractivity (Wildman–Crippen MR) is 137 cm³/mol. The number of aliphatic carboxylic acids is 1. The van der Waals surface area contributed by atoms with Crippen molar-refractivity contribution < 1.29 is 14.7 Å². The van der Waals surface area contributed by atoms with Crippen molar-refractivity contribution in [2.45, 2.75) is 31.3 Å². The smallest absolute Gasteiger partial charge is 0.303 e. The predicted octanol–water partition coefficient (Wildman–Crippen LogP) is 5.23. The molecule has 2 atom stereocenters. The number of benzene rings is 3. The zero-order chi connectivity index (χ0) is 22.5. The van der Waals surface area contributed by atoms with Crippen LogP contribution in [-0.4, -0.2) is 40.4 Å². The third-order valence-corrected chi connectivity index (χ3v) is 6.98. The molecule has 0 amide bonds. The Kier molecular flexibility index (Phi) is 7.42. The van der Waals surface area contributed by atoms with Crippen LogP contribution in [0.2, 0.25) is 0 Å². The van der Waals surface area contributed by atoms with Gasteiger partial charge in [0.1, 0.15) is 0 Å². The van der Waals surface area contributed by atoms with Gasteiger partial charge in [-0.3, -0.25) is 9.59 Å². The number of anilines is 1. The van der Waals surface area contributed by atoms with E-state index in [1.807, 2.05) is 24.3 Å². The summed E-state index contributed by atoms with van der Waals surface area (Å²) in [5, 5.41) is 15.2. The summed E-state index contributed by atoms with van der Waals surface area (Å²) < 4.78 is 0.995. The Bertz CT molecular complexity index is 1090. The van der Waals surface area contributed by atoms with E-state index in [1.54, 1.807) is 0 Å². The summed E-state index contributed by atoms with van der Waals surface area (Å²) in [6, 6.07) is 23.3. The minimum atomic E-state index is -0.945. The molecule has 0 aromatic heterocycles. The molecule has 1 heterocycles. The Morgan fingerprint density at radius 2 is 1.78 bits per heavy atom. The van der Waals surface area contributed by atoms with Crippen molar-refractivity contribution in [3.8, 4) is 0 Å². The Morgan fingerprint density at radius 1 is 1.03 bits per heavy atom. The van der Waals surface area contributed by atoms with Crippen LogP contribution in [0.1, 0.15) is 41.2 Å². The number of carbonyl (C=O) groups excluding carboxylic acids is 1. The number of hydrogen-bond donors (Lipinski definition) is 2. The lowest BCUT2D eigenvalue weighted by atomic mass is 9.99. The second kappa shape index (κ2) is 10.4. The zero-order valence-corrected chi connectivity index (χ0v) is 20.0. The van der Waals surface area contributed by atoms with Crippen LogP contribution < -0.4 is 10.2 Å². The minimum absolute atomic E-state index is 0.0379. The topological polar surface area (TPSA) is 69.6 Å². The van der Waals surface area contributed by atoms with Gasteiger partial charge in [-0.2, -0.15) is 0 Å². The average molecular weight is 542 g/mol. The molecular weight excluding hydrogens is 515 g/mol. The molecule has 166 valence electrons. The fraction of sp³-hybridized carbons (Fsp3) is 0.308. The van der Waals surface area contributed by atoms with Gasteiger partial charge in [0.2, 0.25) is 0 Å². The van der Waals surface area contributed by atoms with E-state index in [1.165, 1.54) is 16.3 Å². The van der Waals surface area contributed by atoms with E-state index in [4.69, 9.17) is 5.11 Å². The van der Waals surface area contributed by atoms with Crippen LogP contribution in [0.4, 0.5) is 5.69 Å². The second-order valence-electron chi connectivity index (χ2n) is 8.24. The third-order valence-electron chi connectivity index (χ3n) is 6.10. The van der Waals surface area contributed by atoms with E-state index in [2.05, 4.69) is 75.3 Å². The average Bonchev–Trinajstić information content (AvgIpc) is 3.29. The van der Waals surface area contributed by atoms with Crippen molar-refractivity contribution in [1.82, 2.24) is 5.32 Å². The van der Waals surface area contributed by atoms with Crippen LogP contribution in [0.25, 0.3) is 10.8 Å². The number of halogens is 1. The molecule has 1 fully saturated rings. The molecule has 5 nitrogen and oxygen atoms in total.